The van der Waals surface area contributed by atoms with Crippen molar-refractivity contribution in [1.29, 1.82) is 0 Å². The fourth-order valence-corrected chi connectivity index (χ4v) is 5.69. The van der Waals surface area contributed by atoms with E-state index in [0.29, 0.717) is 0 Å². The zero-order valence-electron chi connectivity index (χ0n) is 16.7. The van der Waals surface area contributed by atoms with Gasteiger partial charge in [-0.05, 0) is 43.8 Å². The highest BCUT2D eigenvalue weighted by Crippen LogP contribution is 2.63. The molecule has 0 bridgehead atoms. The van der Waals surface area contributed by atoms with Crippen molar-refractivity contribution in [3.63, 3.8) is 0 Å². The second-order valence-electron chi connectivity index (χ2n) is 8.69. The smallest absolute Gasteiger partial charge is 0.328 e. The molecular weight excluding hydrogens is 379 g/mol. The fourth-order valence-electron chi connectivity index (χ4n) is 4.98. The Hall–Kier alpha value is -2.29. The molecule has 0 spiro atoms. The summed E-state index contributed by atoms with van der Waals surface area (Å²) < 4.78 is 6.09. The van der Waals surface area contributed by atoms with Crippen molar-refractivity contribution >= 4 is 30.1 Å². The molecular formula is C25H23O3P. The lowest BCUT2D eigenvalue weighted by Crippen LogP contribution is -2.41. The second-order valence-corrected chi connectivity index (χ2v) is 9.38. The van der Waals surface area contributed by atoms with Crippen LogP contribution in [0.4, 0.5) is 0 Å². The maximum absolute atomic E-state index is 10.0. The number of hydrogen-bond acceptors (Lipinski definition) is 3. The molecule has 0 aliphatic heterocycles. The molecule has 3 nitrogen and oxygen atoms in total. The molecule has 4 aromatic carbocycles. The minimum Gasteiger partial charge on any atom is -0.328 e. The summed E-state index contributed by atoms with van der Waals surface area (Å²) in [6.07, 6.45) is 0. The van der Waals surface area contributed by atoms with Crippen molar-refractivity contribution in [3.05, 3.63) is 83.9 Å². The highest BCUT2D eigenvalue weighted by molar-refractivity contribution is 7.39. The Labute approximate surface area is 171 Å². The lowest BCUT2D eigenvalue weighted by Gasteiger charge is -2.43. The van der Waals surface area contributed by atoms with Crippen LogP contribution in [0, 0.1) is 5.41 Å². The third-order valence-corrected chi connectivity index (χ3v) is 6.58. The minimum atomic E-state index is -2.56. The Morgan fingerprint density at radius 1 is 0.690 bits per heavy atom. The van der Waals surface area contributed by atoms with E-state index in [-0.39, 0.29) is 0 Å². The zero-order valence-corrected chi connectivity index (χ0v) is 17.6. The summed E-state index contributed by atoms with van der Waals surface area (Å²) in [6.45, 7) is 6.28. The van der Waals surface area contributed by atoms with Crippen molar-refractivity contribution in [2.75, 3.05) is 0 Å². The van der Waals surface area contributed by atoms with Crippen LogP contribution in [0.3, 0.4) is 0 Å². The van der Waals surface area contributed by atoms with Gasteiger partial charge in [0.2, 0.25) is 0 Å². The number of benzene rings is 4. The van der Waals surface area contributed by atoms with Crippen LogP contribution in [0.25, 0.3) is 32.7 Å². The topological polar surface area (TPSA) is 49.7 Å². The number of rotatable bonds is 2. The van der Waals surface area contributed by atoms with Crippen molar-refractivity contribution in [1.82, 2.24) is 0 Å². The summed E-state index contributed by atoms with van der Waals surface area (Å²) in [5, 5.41) is 4.62. The predicted octanol–water partition coefficient (Wildman–Crippen LogP) is 6.49. The van der Waals surface area contributed by atoms with Gasteiger partial charge in [0.1, 0.15) is 5.60 Å². The molecule has 2 N–H and O–H groups in total. The van der Waals surface area contributed by atoms with Crippen molar-refractivity contribution in [2.45, 2.75) is 26.4 Å². The summed E-state index contributed by atoms with van der Waals surface area (Å²) >= 11 is 0. The molecule has 0 unspecified atom stereocenters. The van der Waals surface area contributed by atoms with Crippen LogP contribution in [0.2, 0.25) is 0 Å². The van der Waals surface area contributed by atoms with Crippen LogP contribution in [-0.4, -0.2) is 9.79 Å². The quantitative estimate of drug-likeness (QED) is 0.377. The zero-order chi connectivity index (χ0) is 20.4. The average molecular weight is 402 g/mol. The first-order valence-corrected chi connectivity index (χ1v) is 10.9. The molecule has 0 fully saturated rings. The van der Waals surface area contributed by atoms with Crippen LogP contribution in [0.15, 0.2) is 72.8 Å². The van der Waals surface area contributed by atoms with E-state index in [0.717, 1.165) is 43.8 Å². The largest absolute Gasteiger partial charge is 0.328 e. The summed E-state index contributed by atoms with van der Waals surface area (Å²) in [7, 11) is -2.56. The van der Waals surface area contributed by atoms with E-state index >= 15 is 0 Å². The van der Waals surface area contributed by atoms with Gasteiger partial charge in [-0.2, -0.15) is 0 Å². The van der Waals surface area contributed by atoms with Gasteiger partial charge in [-0.3, -0.25) is 4.52 Å². The van der Waals surface area contributed by atoms with E-state index in [2.05, 4.69) is 81.4 Å². The molecule has 0 aromatic heterocycles. The molecule has 5 rings (SSSR count). The normalized spacial score (nSPS) is 15.1. The molecule has 0 saturated heterocycles. The minimum absolute atomic E-state index is 0.413. The van der Waals surface area contributed by atoms with E-state index in [9.17, 15) is 9.79 Å². The Morgan fingerprint density at radius 2 is 1.14 bits per heavy atom. The summed E-state index contributed by atoms with van der Waals surface area (Å²) in [5.41, 5.74) is 2.87. The lowest BCUT2D eigenvalue weighted by atomic mass is 9.70. The van der Waals surface area contributed by atoms with Gasteiger partial charge in [-0.1, -0.05) is 93.6 Å². The molecule has 29 heavy (non-hydrogen) atoms. The van der Waals surface area contributed by atoms with Gasteiger partial charge in [-0.25, -0.2) is 0 Å². The van der Waals surface area contributed by atoms with Crippen molar-refractivity contribution < 1.29 is 14.3 Å². The molecule has 1 aliphatic carbocycles. The van der Waals surface area contributed by atoms with Gasteiger partial charge in [0.15, 0.2) is 0 Å². The first-order valence-electron chi connectivity index (χ1n) is 9.76. The highest BCUT2D eigenvalue weighted by Gasteiger charge is 2.54. The van der Waals surface area contributed by atoms with Gasteiger partial charge < -0.3 is 9.79 Å². The average Bonchev–Trinajstić information content (AvgIpc) is 2.99. The van der Waals surface area contributed by atoms with Crippen LogP contribution in [0.5, 0.6) is 0 Å². The van der Waals surface area contributed by atoms with Crippen LogP contribution in [0.1, 0.15) is 31.9 Å². The Morgan fingerprint density at radius 3 is 1.55 bits per heavy atom. The van der Waals surface area contributed by atoms with E-state index in [1.807, 2.05) is 12.1 Å². The third-order valence-electron chi connectivity index (χ3n) is 6.14. The summed E-state index contributed by atoms with van der Waals surface area (Å²) in [4.78, 5) is 20.0. The predicted molar refractivity (Wildman–Crippen MR) is 120 cm³/mol. The van der Waals surface area contributed by atoms with Gasteiger partial charge >= 0.3 is 8.60 Å². The first-order chi connectivity index (χ1) is 13.8. The molecule has 1 aliphatic rings. The Bertz CT molecular complexity index is 1170. The first kappa shape index (κ1) is 18.7. The molecule has 0 amide bonds. The van der Waals surface area contributed by atoms with Crippen molar-refractivity contribution in [3.8, 4) is 11.1 Å². The molecule has 0 saturated carbocycles. The Kier molecular flexibility index (Phi) is 4.10. The maximum atomic E-state index is 10.0. The van der Waals surface area contributed by atoms with Crippen LogP contribution < -0.4 is 0 Å². The molecule has 0 radical (unpaired) electrons. The van der Waals surface area contributed by atoms with Gasteiger partial charge in [0, 0.05) is 5.41 Å². The van der Waals surface area contributed by atoms with E-state index < -0.39 is 19.6 Å². The molecule has 146 valence electrons. The number of hydrogen-bond donors (Lipinski definition) is 2. The molecule has 0 atom stereocenters. The van der Waals surface area contributed by atoms with E-state index in [1.54, 1.807) is 0 Å². The maximum Gasteiger partial charge on any atom is 0.328 e. The monoisotopic (exact) mass is 402 g/mol. The summed E-state index contributed by atoms with van der Waals surface area (Å²) in [6, 6.07) is 25.1. The van der Waals surface area contributed by atoms with E-state index in [1.165, 1.54) is 0 Å². The second kappa shape index (κ2) is 6.35. The molecule has 0 heterocycles. The standard InChI is InChI=1S/C25H23O3P/c1-24(2,3)25(28-29(26)27)20-14-12-16-8-4-6-10-18(16)22(20)23-19-11-7-5-9-17(19)13-15-21(23)25/h4-15,26-27H,1-3H3. The summed E-state index contributed by atoms with van der Waals surface area (Å²) in [5.74, 6) is 0. The van der Waals surface area contributed by atoms with Gasteiger partial charge in [0.25, 0.3) is 0 Å². The SMILES string of the molecule is CC(C)(C)C1(OP(O)O)c2ccc3ccccc3c2-c2c1ccc1ccccc21. The molecule has 4 aromatic rings. The van der Waals surface area contributed by atoms with Crippen molar-refractivity contribution in [2.24, 2.45) is 5.41 Å². The van der Waals surface area contributed by atoms with E-state index in [4.69, 9.17) is 4.52 Å². The van der Waals surface area contributed by atoms with Gasteiger partial charge in [0.05, 0.1) is 0 Å². The highest BCUT2D eigenvalue weighted by atomic mass is 31.2. The van der Waals surface area contributed by atoms with Crippen LogP contribution in [-0.2, 0) is 10.1 Å². The lowest BCUT2D eigenvalue weighted by molar-refractivity contribution is -0.00607. The fraction of sp³-hybridized carbons (Fsp3) is 0.200. The molecule has 4 heteroatoms. The Balaban J connectivity index is 2.03. The third kappa shape index (κ3) is 2.52. The number of fused-ring (bicyclic) bond motifs is 7. The van der Waals surface area contributed by atoms with Crippen LogP contribution >= 0.6 is 8.60 Å². The van der Waals surface area contributed by atoms with Gasteiger partial charge in [-0.15, -0.1) is 0 Å².